The zero-order chi connectivity index (χ0) is 14.5. The van der Waals surface area contributed by atoms with Gasteiger partial charge in [0.15, 0.2) is 0 Å². The van der Waals surface area contributed by atoms with Gasteiger partial charge in [-0.15, -0.1) is 0 Å². The minimum absolute atomic E-state index is 0.152. The van der Waals surface area contributed by atoms with Crippen molar-refractivity contribution in [3.63, 3.8) is 0 Å². The second kappa shape index (κ2) is 6.76. The molecule has 2 rings (SSSR count). The fraction of sp³-hybridized carbons (Fsp3) is 0.533. The fourth-order valence-electron chi connectivity index (χ4n) is 2.41. The maximum atomic E-state index is 12.1. The Morgan fingerprint density at radius 3 is 2.75 bits per heavy atom. The van der Waals surface area contributed by atoms with E-state index in [-0.39, 0.29) is 5.91 Å². The number of hydrogen-bond donors (Lipinski definition) is 0. The van der Waals surface area contributed by atoms with Crippen molar-refractivity contribution in [3.05, 3.63) is 22.9 Å². The van der Waals surface area contributed by atoms with Crippen LogP contribution >= 0.6 is 11.8 Å². The van der Waals surface area contributed by atoms with E-state index in [4.69, 9.17) is 0 Å². The van der Waals surface area contributed by atoms with Crippen molar-refractivity contribution in [1.82, 2.24) is 9.88 Å². The van der Waals surface area contributed by atoms with Gasteiger partial charge in [0.1, 0.15) is 11.1 Å². The molecule has 2 heterocycles. The molecule has 1 saturated heterocycles. The summed E-state index contributed by atoms with van der Waals surface area (Å²) in [6, 6.07) is 4.08. The van der Waals surface area contributed by atoms with E-state index in [0.717, 1.165) is 37.2 Å². The van der Waals surface area contributed by atoms with Crippen LogP contribution < -0.4 is 0 Å². The van der Waals surface area contributed by atoms with Crippen molar-refractivity contribution in [1.29, 1.82) is 5.26 Å². The van der Waals surface area contributed by atoms with Gasteiger partial charge in [0, 0.05) is 18.8 Å². The molecule has 1 fully saturated rings. The van der Waals surface area contributed by atoms with Crippen LogP contribution in [0, 0.1) is 25.2 Å². The van der Waals surface area contributed by atoms with Crippen LogP contribution in [0.3, 0.4) is 0 Å². The van der Waals surface area contributed by atoms with E-state index >= 15 is 0 Å². The number of pyridine rings is 1. The van der Waals surface area contributed by atoms with E-state index in [1.807, 2.05) is 24.8 Å². The molecule has 1 aliphatic rings. The lowest BCUT2D eigenvalue weighted by Gasteiger charge is -2.26. The summed E-state index contributed by atoms with van der Waals surface area (Å²) in [4.78, 5) is 18.4. The van der Waals surface area contributed by atoms with Gasteiger partial charge < -0.3 is 4.90 Å². The van der Waals surface area contributed by atoms with Gasteiger partial charge in [-0.25, -0.2) is 4.98 Å². The Bertz CT molecular complexity index is 545. The van der Waals surface area contributed by atoms with Crippen LogP contribution in [0.5, 0.6) is 0 Å². The van der Waals surface area contributed by atoms with Crippen molar-refractivity contribution in [2.45, 2.75) is 38.1 Å². The second-order valence-corrected chi connectivity index (χ2v) is 6.07. The first-order valence-electron chi connectivity index (χ1n) is 6.90. The minimum Gasteiger partial charge on any atom is -0.342 e. The van der Waals surface area contributed by atoms with E-state index < -0.39 is 0 Å². The number of nitriles is 1. The normalized spacial score (nSPS) is 14.9. The van der Waals surface area contributed by atoms with E-state index in [2.05, 4.69) is 11.1 Å². The summed E-state index contributed by atoms with van der Waals surface area (Å²) >= 11 is 1.38. The molecule has 1 aliphatic heterocycles. The molecule has 0 saturated carbocycles. The van der Waals surface area contributed by atoms with E-state index in [9.17, 15) is 10.1 Å². The monoisotopic (exact) mass is 289 g/mol. The highest BCUT2D eigenvalue weighted by atomic mass is 32.2. The summed E-state index contributed by atoms with van der Waals surface area (Å²) in [7, 11) is 0. The maximum absolute atomic E-state index is 12.1. The molecule has 1 aromatic rings. The molecule has 0 unspecified atom stereocenters. The third kappa shape index (κ3) is 3.51. The summed E-state index contributed by atoms with van der Waals surface area (Å²) in [5.74, 6) is 0.518. The highest BCUT2D eigenvalue weighted by Crippen LogP contribution is 2.24. The molecule has 0 aromatic carbocycles. The molecule has 4 nitrogen and oxygen atoms in total. The minimum atomic E-state index is 0.152. The standard InChI is InChI=1S/C15H19N3OS/c1-11-8-12(2)17-15(13(11)9-16)20-10-14(19)18-6-4-3-5-7-18/h8H,3-7,10H2,1-2H3. The topological polar surface area (TPSA) is 57.0 Å². The van der Waals surface area contributed by atoms with Crippen LogP contribution in [0.1, 0.15) is 36.1 Å². The van der Waals surface area contributed by atoms with Crippen molar-refractivity contribution in [3.8, 4) is 6.07 Å². The van der Waals surface area contributed by atoms with Crippen molar-refractivity contribution in [2.24, 2.45) is 0 Å². The average Bonchev–Trinajstić information content (AvgIpc) is 2.45. The molecule has 0 aliphatic carbocycles. The lowest BCUT2D eigenvalue weighted by Crippen LogP contribution is -2.36. The van der Waals surface area contributed by atoms with E-state index in [1.165, 1.54) is 18.2 Å². The average molecular weight is 289 g/mol. The van der Waals surface area contributed by atoms with Crippen LogP contribution in [0.2, 0.25) is 0 Å². The Labute approximate surface area is 124 Å². The first kappa shape index (κ1) is 14.9. The first-order valence-corrected chi connectivity index (χ1v) is 7.89. The number of rotatable bonds is 3. The Morgan fingerprint density at radius 2 is 2.10 bits per heavy atom. The number of likely N-dealkylation sites (tertiary alicyclic amines) is 1. The number of carbonyl (C=O) groups is 1. The smallest absolute Gasteiger partial charge is 0.232 e. The summed E-state index contributed by atoms with van der Waals surface area (Å²) in [5.41, 5.74) is 2.40. The van der Waals surface area contributed by atoms with Crippen LogP contribution in [-0.2, 0) is 4.79 Å². The molecule has 0 spiro atoms. The van der Waals surface area contributed by atoms with E-state index in [1.54, 1.807) is 0 Å². The lowest BCUT2D eigenvalue weighted by molar-refractivity contribution is -0.129. The predicted molar refractivity (Wildman–Crippen MR) is 79.6 cm³/mol. The molecule has 5 heteroatoms. The highest BCUT2D eigenvalue weighted by Gasteiger charge is 2.18. The van der Waals surface area contributed by atoms with Crippen LogP contribution in [0.4, 0.5) is 0 Å². The number of piperidine rings is 1. The maximum Gasteiger partial charge on any atom is 0.232 e. The fourth-order valence-corrected chi connectivity index (χ4v) is 3.41. The molecule has 0 N–H and O–H groups in total. The Kier molecular flexibility index (Phi) is 5.02. The number of nitrogens with zero attached hydrogens (tertiary/aromatic N) is 3. The van der Waals surface area contributed by atoms with Crippen LogP contribution in [0.15, 0.2) is 11.1 Å². The Hall–Kier alpha value is -1.54. The van der Waals surface area contributed by atoms with Crippen molar-refractivity contribution in [2.75, 3.05) is 18.8 Å². The molecule has 1 aromatic heterocycles. The predicted octanol–water partition coefficient (Wildman–Crippen LogP) is 2.67. The SMILES string of the molecule is Cc1cc(C)c(C#N)c(SCC(=O)N2CCCCC2)n1. The Balaban J connectivity index is 2.03. The lowest BCUT2D eigenvalue weighted by atomic mass is 10.1. The molecule has 20 heavy (non-hydrogen) atoms. The molecule has 1 amide bonds. The highest BCUT2D eigenvalue weighted by molar-refractivity contribution is 8.00. The molecular weight excluding hydrogens is 270 g/mol. The summed E-state index contributed by atoms with van der Waals surface area (Å²) in [6.07, 6.45) is 3.41. The van der Waals surface area contributed by atoms with Gasteiger partial charge in [-0.05, 0) is 44.7 Å². The van der Waals surface area contributed by atoms with Gasteiger partial charge in [0.25, 0.3) is 0 Å². The number of hydrogen-bond acceptors (Lipinski definition) is 4. The summed E-state index contributed by atoms with van der Waals surface area (Å²) < 4.78 is 0. The Morgan fingerprint density at radius 1 is 1.40 bits per heavy atom. The van der Waals surface area contributed by atoms with Crippen LogP contribution in [-0.4, -0.2) is 34.6 Å². The molecular formula is C15H19N3OS. The molecule has 0 bridgehead atoms. The zero-order valence-electron chi connectivity index (χ0n) is 12.0. The zero-order valence-corrected chi connectivity index (χ0v) is 12.8. The quantitative estimate of drug-likeness (QED) is 0.803. The third-order valence-corrected chi connectivity index (χ3v) is 4.42. The first-order chi connectivity index (χ1) is 9.61. The number of thioether (sulfide) groups is 1. The van der Waals surface area contributed by atoms with Gasteiger partial charge in [0.05, 0.1) is 11.3 Å². The van der Waals surface area contributed by atoms with E-state index in [0.29, 0.717) is 16.3 Å². The summed E-state index contributed by atoms with van der Waals surface area (Å²) in [5, 5.41) is 9.88. The molecule has 106 valence electrons. The third-order valence-electron chi connectivity index (χ3n) is 3.46. The number of aryl methyl sites for hydroxylation is 2. The molecule has 0 radical (unpaired) electrons. The van der Waals surface area contributed by atoms with Crippen molar-refractivity contribution < 1.29 is 4.79 Å². The van der Waals surface area contributed by atoms with Gasteiger partial charge in [-0.2, -0.15) is 5.26 Å². The van der Waals surface area contributed by atoms with Crippen LogP contribution in [0.25, 0.3) is 0 Å². The van der Waals surface area contributed by atoms with Crippen molar-refractivity contribution >= 4 is 17.7 Å². The summed E-state index contributed by atoms with van der Waals surface area (Å²) in [6.45, 7) is 5.55. The molecule has 0 atom stereocenters. The number of amides is 1. The largest absolute Gasteiger partial charge is 0.342 e. The number of aromatic nitrogens is 1. The van der Waals surface area contributed by atoms with Gasteiger partial charge in [-0.3, -0.25) is 4.79 Å². The number of carbonyl (C=O) groups excluding carboxylic acids is 1. The second-order valence-electron chi connectivity index (χ2n) is 5.10. The van der Waals surface area contributed by atoms with Gasteiger partial charge >= 0.3 is 0 Å². The van der Waals surface area contributed by atoms with Gasteiger partial charge in [0.2, 0.25) is 5.91 Å². The van der Waals surface area contributed by atoms with Gasteiger partial charge in [-0.1, -0.05) is 11.8 Å².